The summed E-state index contributed by atoms with van der Waals surface area (Å²) in [6, 6.07) is 21.8. The average Bonchev–Trinajstić information content (AvgIpc) is 3.96. The topological polar surface area (TPSA) is 199 Å². The lowest BCUT2D eigenvalue weighted by Crippen LogP contribution is -2.31. The monoisotopic (exact) mass is 817 g/mol. The average molecular weight is 819 g/mol. The van der Waals surface area contributed by atoms with Crippen molar-refractivity contribution in [3.05, 3.63) is 101 Å². The Labute approximate surface area is 325 Å². The fraction of sp³-hybridized carbons (Fsp3) is 0.103. The van der Waals surface area contributed by atoms with E-state index in [9.17, 15) is 13.8 Å². The fourth-order valence-electron chi connectivity index (χ4n) is 6.04. The van der Waals surface area contributed by atoms with Gasteiger partial charge in [0.05, 0.1) is 68.6 Å². The molecule has 8 rings (SSSR count). The van der Waals surface area contributed by atoms with Crippen molar-refractivity contribution in [3.8, 4) is 36.1 Å². The molecule has 55 heavy (non-hydrogen) atoms. The lowest BCUT2D eigenvalue weighted by Gasteiger charge is -2.22. The third-order valence-electron chi connectivity index (χ3n) is 8.52. The highest BCUT2D eigenvalue weighted by Gasteiger charge is 2.21. The molecular weight excluding hydrogens is 782 g/mol. The zero-order valence-corrected chi connectivity index (χ0v) is 30.1. The molecule has 278 valence electrons. The molecule has 4 aromatic heterocycles. The number of aromatic amines is 2. The number of carbonyl (C=O) groups excluding carboxylic acids is 2. The summed E-state index contributed by atoms with van der Waals surface area (Å²) in [5.41, 5.74) is 16.2. The number of benzene rings is 4. The number of aromatic nitrogens is 8. The maximum atomic E-state index is 13.3. The number of primary amides is 2. The predicted octanol–water partition coefficient (Wildman–Crippen LogP) is 5.59. The molecule has 0 aliphatic rings. The van der Waals surface area contributed by atoms with E-state index in [0.29, 0.717) is 32.7 Å². The first-order valence-corrected chi connectivity index (χ1v) is 18.2. The van der Waals surface area contributed by atoms with Crippen LogP contribution in [0.4, 0.5) is 0 Å². The van der Waals surface area contributed by atoms with Gasteiger partial charge in [0.1, 0.15) is 11.4 Å². The van der Waals surface area contributed by atoms with Gasteiger partial charge in [0.15, 0.2) is 0 Å². The number of nitrogens with zero attached hydrogens (tertiary/aromatic N) is 7. The number of nitrogens with one attached hydrogen (secondary N) is 2. The highest BCUT2D eigenvalue weighted by Crippen LogP contribution is 2.31. The maximum absolute atomic E-state index is 13.3. The number of terminal acetylenes is 2. The summed E-state index contributed by atoms with van der Waals surface area (Å²) in [7, 11) is -2.87. The molecule has 4 aromatic carbocycles. The number of H-pyrrole nitrogens is 2. The van der Waals surface area contributed by atoms with Crippen LogP contribution in [0.2, 0.25) is 0 Å². The van der Waals surface area contributed by atoms with E-state index in [1.54, 1.807) is 53.5 Å². The quantitative estimate of drug-likeness (QED) is 0.113. The zero-order valence-electron chi connectivity index (χ0n) is 27.7. The van der Waals surface area contributed by atoms with Gasteiger partial charge in [-0.15, -0.1) is 12.8 Å². The van der Waals surface area contributed by atoms with Crippen molar-refractivity contribution in [1.82, 2.24) is 44.3 Å². The normalized spacial score (nSPS) is 11.9. The van der Waals surface area contributed by atoms with Crippen LogP contribution >= 0.6 is 15.9 Å². The van der Waals surface area contributed by atoms with Gasteiger partial charge in [0.25, 0.3) is 11.8 Å². The molecule has 0 saturated carbocycles. The molecule has 8 aromatic rings. The molecule has 14 nitrogen and oxygen atoms in total. The van der Waals surface area contributed by atoms with Crippen LogP contribution in [0.3, 0.4) is 0 Å². The van der Waals surface area contributed by atoms with Crippen molar-refractivity contribution < 1.29 is 13.8 Å². The number of hydrogen-bond donors (Lipinski definition) is 4. The smallest absolute Gasteiger partial charge is 0.267 e. The Bertz CT molecular complexity index is 2890. The summed E-state index contributed by atoms with van der Waals surface area (Å²) < 4.78 is 19.3. The first-order valence-electron chi connectivity index (χ1n) is 15.7. The van der Waals surface area contributed by atoms with Crippen LogP contribution in [0.1, 0.15) is 35.8 Å². The van der Waals surface area contributed by atoms with E-state index in [1.807, 2.05) is 41.1 Å². The van der Waals surface area contributed by atoms with Crippen molar-refractivity contribution in [2.75, 3.05) is 13.1 Å². The zero-order chi connectivity index (χ0) is 37.4. The number of carbonyl (C=O) groups is 2. The van der Waals surface area contributed by atoms with E-state index >= 15 is 0 Å². The molecule has 0 bridgehead atoms. The van der Waals surface area contributed by atoms with Crippen LogP contribution in [0.25, 0.3) is 55.0 Å². The molecule has 0 spiro atoms. The third kappa shape index (κ3) is 7.05. The molecule has 0 aliphatic carbocycles. The molecule has 4 heterocycles. The molecule has 6 N–H and O–H groups in total. The van der Waals surface area contributed by atoms with Crippen LogP contribution in [-0.4, -0.2) is 79.2 Å². The van der Waals surface area contributed by atoms with Crippen LogP contribution in [0, 0.1) is 24.7 Å². The third-order valence-corrected chi connectivity index (χ3v) is 11.1. The summed E-state index contributed by atoms with van der Waals surface area (Å²) in [6.07, 6.45) is 14.1. The number of nitrogens with two attached hydrogens (primary N) is 2. The molecule has 0 radical (unpaired) electrons. The molecule has 1 unspecified atom stereocenters. The molecule has 0 saturated heterocycles. The van der Waals surface area contributed by atoms with E-state index in [4.69, 9.17) is 24.3 Å². The summed E-state index contributed by atoms with van der Waals surface area (Å²) in [4.78, 5) is 24.2. The Morgan fingerprint density at radius 2 is 1.15 bits per heavy atom. The number of hydrogen-bond acceptors (Lipinski definition) is 7. The summed E-state index contributed by atoms with van der Waals surface area (Å²) in [6.45, 7) is 0.225. The Balaban J connectivity index is 0.000000214. The Morgan fingerprint density at radius 1 is 0.727 bits per heavy atom. The largest absolute Gasteiger partial charge is 0.364 e. The lowest BCUT2D eigenvalue weighted by atomic mass is 10.1. The second kappa shape index (κ2) is 15.7. The number of fused-ring (bicyclic) bond motifs is 6. The van der Waals surface area contributed by atoms with Crippen molar-refractivity contribution in [1.29, 1.82) is 0 Å². The predicted molar refractivity (Wildman–Crippen MR) is 222 cm³/mol. The van der Waals surface area contributed by atoms with Gasteiger partial charge >= 0.3 is 0 Å². The number of halogens is 1. The highest BCUT2D eigenvalue weighted by molar-refractivity contribution is 9.10. The molecule has 1 atom stereocenters. The van der Waals surface area contributed by atoms with Gasteiger partial charge < -0.3 is 11.5 Å². The Hall–Kier alpha value is -6.72. The van der Waals surface area contributed by atoms with Crippen LogP contribution in [0.15, 0.2) is 94.6 Å². The van der Waals surface area contributed by atoms with E-state index in [2.05, 4.69) is 64.2 Å². The fourth-order valence-corrected chi connectivity index (χ4v) is 7.73. The van der Waals surface area contributed by atoms with E-state index in [-0.39, 0.29) is 33.6 Å². The standard InChI is InChI=1S/C22H18N6O2S.C15H10BrN5O.2CH4/c1-4-12-27(13-5-2)31(3,30)16-8-6-15(7-9-16)28-21-17(20(26-28)22(23)29)10-11-19-18(21)14-24-25-19;16-8-1-3-9(4-2-8)21-14-10(13(20-21)15(17)22)5-6-12-11(14)7-18-19-12;;/h1-2,6-11,14,26H,3,12-13H2,(H2,23,29);1-7,20H,(H2,17,22);2*1H4. The second-order valence-electron chi connectivity index (χ2n) is 11.7. The van der Waals surface area contributed by atoms with E-state index in [0.717, 1.165) is 37.4 Å². The lowest BCUT2D eigenvalue weighted by molar-refractivity contribution is 0.0988. The minimum Gasteiger partial charge on any atom is -0.364 e. The van der Waals surface area contributed by atoms with Gasteiger partial charge in [0.2, 0.25) is 0 Å². The Kier molecular flexibility index (Phi) is 11.3. The van der Waals surface area contributed by atoms with E-state index < -0.39 is 21.5 Å². The van der Waals surface area contributed by atoms with E-state index in [1.165, 1.54) is 4.31 Å². The van der Waals surface area contributed by atoms with Crippen LogP contribution < -0.4 is 11.5 Å². The number of rotatable bonds is 8. The van der Waals surface area contributed by atoms with Gasteiger partial charge in [-0.3, -0.25) is 29.2 Å². The van der Waals surface area contributed by atoms with Crippen molar-refractivity contribution in [2.45, 2.75) is 19.7 Å². The first-order chi connectivity index (χ1) is 25.5. The minimum atomic E-state index is -2.87. The number of amides is 2. The molecule has 2 amide bonds. The Morgan fingerprint density at radius 3 is 1.55 bits per heavy atom. The molecule has 0 aliphatic heterocycles. The SMILES string of the molecule is C.C.C#CCN(CC#C)S(=C)(=O)c1ccc(-n2[nH]c(C(N)=O)c3ccc4nncc4c32)cc1.NC(=O)c1[nH]n(-c2ccc(Br)cc2)c2c1ccc1nncc12. The van der Waals surface area contributed by atoms with Gasteiger partial charge in [-0.2, -0.15) is 20.4 Å². The van der Waals surface area contributed by atoms with Crippen molar-refractivity contribution >= 4 is 86.9 Å². The highest BCUT2D eigenvalue weighted by atomic mass is 79.9. The van der Waals surface area contributed by atoms with Crippen LogP contribution in [-0.2, 0) is 9.71 Å². The second-order valence-corrected chi connectivity index (χ2v) is 14.9. The minimum absolute atomic E-state index is 0. The summed E-state index contributed by atoms with van der Waals surface area (Å²) >= 11 is 3.42. The summed E-state index contributed by atoms with van der Waals surface area (Å²) in [5.74, 6) is 7.68. The molecule has 16 heteroatoms. The van der Waals surface area contributed by atoms with Crippen molar-refractivity contribution in [2.24, 2.45) is 11.5 Å². The molecular formula is C39H36BrN11O3S. The van der Waals surface area contributed by atoms with Gasteiger partial charge in [-0.05, 0) is 78.7 Å². The molecule has 0 fully saturated rings. The van der Waals surface area contributed by atoms with Gasteiger partial charge in [-0.25, -0.2) is 8.51 Å². The maximum Gasteiger partial charge on any atom is 0.267 e. The van der Waals surface area contributed by atoms with Gasteiger partial charge in [-0.1, -0.05) is 42.6 Å². The first kappa shape index (κ1) is 39.5. The summed E-state index contributed by atoms with van der Waals surface area (Å²) in [5, 5.41) is 25.2. The van der Waals surface area contributed by atoms with Crippen molar-refractivity contribution in [3.63, 3.8) is 0 Å². The van der Waals surface area contributed by atoms with Gasteiger partial charge in [0, 0.05) is 30.9 Å². The van der Waals surface area contributed by atoms with Crippen LogP contribution in [0.5, 0.6) is 0 Å².